The molecule has 1 heterocycles. The van der Waals surface area contributed by atoms with Gasteiger partial charge in [-0.3, -0.25) is 14.3 Å². The molecule has 0 aliphatic rings. The molecule has 1 aromatic heterocycles. The third-order valence-electron chi connectivity index (χ3n) is 3.60. The second-order valence-electron chi connectivity index (χ2n) is 5.13. The van der Waals surface area contributed by atoms with Crippen LogP contribution in [0.25, 0.3) is 0 Å². The fourth-order valence-corrected chi connectivity index (χ4v) is 2.44. The number of methoxy groups -OCH3 is 1. The third kappa shape index (κ3) is 4.99. The molecule has 0 bridgehead atoms. The number of amides is 1. The van der Waals surface area contributed by atoms with Gasteiger partial charge in [-0.05, 0) is 12.0 Å². The molecule has 6 nitrogen and oxygen atoms in total. The van der Waals surface area contributed by atoms with E-state index in [1.807, 2.05) is 44.2 Å². The number of hydrogen-bond acceptors (Lipinski definition) is 4. The second kappa shape index (κ2) is 10.8. The van der Waals surface area contributed by atoms with Crippen molar-refractivity contribution in [3.05, 3.63) is 76.7 Å². The predicted molar refractivity (Wildman–Crippen MR) is 105 cm³/mol. The van der Waals surface area contributed by atoms with E-state index in [0.717, 1.165) is 5.56 Å². The highest BCUT2D eigenvalue weighted by molar-refractivity contribution is 5.95. The highest BCUT2D eigenvalue weighted by atomic mass is 16.5. The minimum atomic E-state index is -0.414. The van der Waals surface area contributed by atoms with Gasteiger partial charge in [-0.25, -0.2) is 0 Å². The molecule has 0 spiro atoms. The van der Waals surface area contributed by atoms with Gasteiger partial charge in [0.1, 0.15) is 0 Å². The van der Waals surface area contributed by atoms with E-state index in [2.05, 4.69) is 17.3 Å². The zero-order valence-corrected chi connectivity index (χ0v) is 15.8. The van der Waals surface area contributed by atoms with Crippen LogP contribution in [0.1, 0.15) is 42.4 Å². The van der Waals surface area contributed by atoms with E-state index in [4.69, 9.17) is 4.74 Å². The van der Waals surface area contributed by atoms with Crippen LogP contribution in [0.3, 0.4) is 0 Å². The van der Waals surface area contributed by atoms with Crippen LogP contribution in [0.2, 0.25) is 0 Å². The normalized spacial score (nSPS) is 10.8. The van der Waals surface area contributed by atoms with Crippen LogP contribution in [0.15, 0.2) is 60.0 Å². The van der Waals surface area contributed by atoms with E-state index >= 15 is 0 Å². The molecule has 6 heteroatoms. The molecule has 0 saturated heterocycles. The molecule has 1 unspecified atom stereocenters. The maximum absolute atomic E-state index is 12.2. The van der Waals surface area contributed by atoms with Crippen molar-refractivity contribution >= 4 is 5.91 Å². The number of rotatable bonds is 7. The molecule has 26 heavy (non-hydrogen) atoms. The van der Waals surface area contributed by atoms with E-state index in [-0.39, 0.29) is 22.9 Å². The number of carbonyl (C=O) groups is 1. The summed E-state index contributed by atoms with van der Waals surface area (Å²) in [5.74, 6) is -0.419. The molecular formula is C20H27N3O3. The average molecular weight is 357 g/mol. The standard InChI is InChI=1S/C18H21N3O3.C2H6/c1-4-8-14(13-9-6-5-7-10-13)20-21-12-11-15(22)17(24-3)16(21)18(23)19-2;1-2/h4-7,9-12,14,20H,1,8H2,2-3H3,(H,19,23);1-2H3. The number of nitrogens with zero attached hydrogens (tertiary/aromatic N) is 1. The minimum absolute atomic E-state index is 0.00485. The van der Waals surface area contributed by atoms with Crippen LogP contribution in [0, 0.1) is 0 Å². The lowest BCUT2D eigenvalue weighted by Gasteiger charge is -2.23. The Bertz CT molecular complexity index is 770. The van der Waals surface area contributed by atoms with Crippen molar-refractivity contribution in [3.8, 4) is 5.75 Å². The van der Waals surface area contributed by atoms with Crippen molar-refractivity contribution in [1.82, 2.24) is 9.99 Å². The van der Waals surface area contributed by atoms with Crippen LogP contribution in [-0.4, -0.2) is 24.7 Å². The summed E-state index contributed by atoms with van der Waals surface area (Å²) in [5.41, 5.74) is 4.06. The molecule has 0 aliphatic heterocycles. The number of aromatic nitrogens is 1. The van der Waals surface area contributed by atoms with Crippen LogP contribution >= 0.6 is 0 Å². The first-order valence-electron chi connectivity index (χ1n) is 8.56. The number of hydrogen-bond donors (Lipinski definition) is 2. The Kier molecular flexibility index (Phi) is 8.70. The molecule has 2 rings (SSSR count). The highest BCUT2D eigenvalue weighted by Gasteiger charge is 2.20. The van der Waals surface area contributed by atoms with Gasteiger partial charge in [0, 0.05) is 19.3 Å². The van der Waals surface area contributed by atoms with Crippen molar-refractivity contribution in [2.24, 2.45) is 0 Å². The molecule has 1 atom stereocenters. The highest BCUT2D eigenvalue weighted by Crippen LogP contribution is 2.20. The lowest BCUT2D eigenvalue weighted by Crippen LogP contribution is -2.32. The van der Waals surface area contributed by atoms with E-state index in [1.54, 1.807) is 6.08 Å². The van der Waals surface area contributed by atoms with Gasteiger partial charge in [-0.2, -0.15) is 0 Å². The second-order valence-corrected chi connectivity index (χ2v) is 5.13. The topological polar surface area (TPSA) is 72.4 Å². The van der Waals surface area contributed by atoms with Crippen molar-refractivity contribution in [2.45, 2.75) is 26.3 Å². The summed E-state index contributed by atoms with van der Waals surface area (Å²) in [6.07, 6.45) is 3.96. The fourth-order valence-electron chi connectivity index (χ4n) is 2.44. The number of carbonyl (C=O) groups excluding carboxylic acids is 1. The number of nitrogens with one attached hydrogen (secondary N) is 2. The summed E-state index contributed by atoms with van der Waals surface area (Å²) >= 11 is 0. The Morgan fingerprint density at radius 2 is 1.92 bits per heavy atom. The molecule has 140 valence electrons. The van der Waals surface area contributed by atoms with Crippen LogP contribution < -0.4 is 20.9 Å². The molecular weight excluding hydrogens is 330 g/mol. The quantitative estimate of drug-likeness (QED) is 0.747. The predicted octanol–water partition coefficient (Wildman–Crippen LogP) is 3.10. The van der Waals surface area contributed by atoms with Gasteiger partial charge in [0.15, 0.2) is 11.4 Å². The average Bonchev–Trinajstić information content (AvgIpc) is 2.70. The van der Waals surface area contributed by atoms with E-state index in [9.17, 15) is 9.59 Å². The summed E-state index contributed by atoms with van der Waals surface area (Å²) in [4.78, 5) is 24.2. The van der Waals surface area contributed by atoms with Gasteiger partial charge in [0.05, 0.1) is 13.2 Å². The summed E-state index contributed by atoms with van der Waals surface area (Å²) in [6.45, 7) is 7.79. The van der Waals surface area contributed by atoms with Crippen LogP contribution in [0.5, 0.6) is 5.75 Å². The molecule has 2 N–H and O–H groups in total. The summed E-state index contributed by atoms with van der Waals surface area (Å²) in [7, 11) is 2.87. The molecule has 1 aromatic carbocycles. The minimum Gasteiger partial charge on any atom is -0.491 e. The lowest BCUT2D eigenvalue weighted by molar-refractivity contribution is 0.0950. The largest absolute Gasteiger partial charge is 0.491 e. The van der Waals surface area contributed by atoms with E-state index in [0.29, 0.717) is 6.42 Å². The molecule has 0 aliphatic carbocycles. The van der Waals surface area contributed by atoms with Crippen molar-refractivity contribution in [1.29, 1.82) is 0 Å². The van der Waals surface area contributed by atoms with E-state index in [1.165, 1.54) is 31.1 Å². The van der Waals surface area contributed by atoms with Crippen molar-refractivity contribution in [3.63, 3.8) is 0 Å². The van der Waals surface area contributed by atoms with Crippen molar-refractivity contribution in [2.75, 3.05) is 19.6 Å². The Morgan fingerprint density at radius 3 is 2.46 bits per heavy atom. The van der Waals surface area contributed by atoms with Gasteiger partial charge in [0.25, 0.3) is 5.91 Å². The Hall–Kier alpha value is -3.02. The third-order valence-corrected chi connectivity index (χ3v) is 3.60. The van der Waals surface area contributed by atoms with Crippen molar-refractivity contribution < 1.29 is 9.53 Å². The summed E-state index contributed by atoms with van der Waals surface area (Å²) in [6, 6.07) is 11.0. The van der Waals surface area contributed by atoms with Gasteiger partial charge < -0.3 is 15.5 Å². The molecule has 0 fully saturated rings. The zero-order valence-electron chi connectivity index (χ0n) is 15.8. The Balaban J connectivity index is 0.00000163. The molecule has 0 saturated carbocycles. The van der Waals surface area contributed by atoms with Gasteiger partial charge >= 0.3 is 0 Å². The molecule has 2 aromatic rings. The van der Waals surface area contributed by atoms with Gasteiger partial charge in [-0.15, -0.1) is 6.58 Å². The van der Waals surface area contributed by atoms with E-state index < -0.39 is 5.91 Å². The van der Waals surface area contributed by atoms with Gasteiger partial charge in [-0.1, -0.05) is 50.3 Å². The maximum atomic E-state index is 12.2. The first-order chi connectivity index (χ1) is 12.6. The maximum Gasteiger partial charge on any atom is 0.273 e. The lowest BCUT2D eigenvalue weighted by atomic mass is 10.0. The van der Waals surface area contributed by atoms with Crippen LogP contribution in [0.4, 0.5) is 0 Å². The first kappa shape index (κ1) is 21.0. The monoisotopic (exact) mass is 357 g/mol. The Morgan fingerprint density at radius 1 is 1.27 bits per heavy atom. The summed E-state index contributed by atoms with van der Waals surface area (Å²) < 4.78 is 6.65. The van der Waals surface area contributed by atoms with Gasteiger partial charge in [0.2, 0.25) is 5.43 Å². The molecule has 1 amide bonds. The zero-order chi connectivity index (χ0) is 19.5. The fraction of sp³-hybridized carbons (Fsp3) is 0.300. The number of ether oxygens (including phenoxy) is 1. The summed E-state index contributed by atoms with van der Waals surface area (Å²) in [5, 5.41) is 2.53. The van der Waals surface area contributed by atoms with Crippen LogP contribution in [-0.2, 0) is 0 Å². The first-order valence-corrected chi connectivity index (χ1v) is 8.56. The number of pyridine rings is 1. The SMILES string of the molecule is C=CCC(Nn1ccc(=O)c(OC)c1C(=O)NC)c1ccccc1.CC. The molecule has 0 radical (unpaired) electrons. The smallest absolute Gasteiger partial charge is 0.273 e. The number of benzene rings is 1. The Labute approximate surface area is 154 Å².